The number of benzene rings is 1. The Hall–Kier alpha value is -2.90. The first-order chi connectivity index (χ1) is 11.6. The first kappa shape index (κ1) is 16.0. The second kappa shape index (κ2) is 6.69. The van der Waals surface area contributed by atoms with Crippen LogP contribution in [0.3, 0.4) is 0 Å². The van der Waals surface area contributed by atoms with Crippen LogP contribution in [0.15, 0.2) is 24.4 Å². The highest BCUT2D eigenvalue weighted by atomic mass is 16.6. The second-order valence-electron chi connectivity index (χ2n) is 5.65. The molecule has 0 bridgehead atoms. The molecule has 0 radical (unpaired) electrons. The number of aromatic nitrogens is 2. The number of nitrogens with zero attached hydrogens (tertiary/aromatic N) is 4. The van der Waals surface area contributed by atoms with E-state index in [2.05, 4.69) is 23.0 Å². The fourth-order valence-electron chi connectivity index (χ4n) is 2.68. The van der Waals surface area contributed by atoms with Gasteiger partial charge in [-0.25, -0.2) is 4.98 Å². The summed E-state index contributed by atoms with van der Waals surface area (Å²) in [6, 6.07) is 6.08. The Morgan fingerprint density at radius 2 is 2.25 bits per heavy atom. The van der Waals surface area contributed by atoms with E-state index in [1.165, 1.54) is 11.1 Å². The molecule has 2 N–H and O–H groups in total. The lowest BCUT2D eigenvalue weighted by molar-refractivity contribution is -0.384. The summed E-state index contributed by atoms with van der Waals surface area (Å²) in [6.45, 7) is 4.15. The van der Waals surface area contributed by atoms with Gasteiger partial charge in [0, 0.05) is 13.1 Å². The normalized spacial score (nSPS) is 13.5. The van der Waals surface area contributed by atoms with Crippen LogP contribution in [0, 0.1) is 10.1 Å². The number of hydrogen-bond acceptors (Lipinski definition) is 7. The number of anilines is 2. The van der Waals surface area contributed by atoms with Crippen LogP contribution in [0.4, 0.5) is 17.5 Å². The van der Waals surface area contributed by atoms with Gasteiger partial charge >= 0.3 is 5.69 Å². The molecule has 0 atom stereocenters. The Balaban J connectivity index is 1.77. The molecule has 2 aromatic rings. The predicted molar refractivity (Wildman–Crippen MR) is 90.1 cm³/mol. The van der Waals surface area contributed by atoms with Crippen LogP contribution >= 0.6 is 0 Å². The van der Waals surface area contributed by atoms with Gasteiger partial charge in [-0.15, -0.1) is 0 Å². The molecule has 126 valence electrons. The number of nitro groups is 1. The average Bonchev–Trinajstić information content (AvgIpc) is 2.59. The molecule has 1 aliphatic heterocycles. The Kier molecular flexibility index (Phi) is 4.45. The Bertz CT molecular complexity index is 765. The maximum absolute atomic E-state index is 10.8. The second-order valence-corrected chi connectivity index (χ2v) is 5.65. The van der Waals surface area contributed by atoms with Crippen LogP contribution in [-0.2, 0) is 13.0 Å². The molecule has 0 saturated carbocycles. The van der Waals surface area contributed by atoms with Crippen LogP contribution < -0.4 is 15.4 Å². The number of fused-ring (bicyclic) bond motifs is 1. The summed E-state index contributed by atoms with van der Waals surface area (Å²) in [7, 11) is 0. The van der Waals surface area contributed by atoms with Crippen LogP contribution in [0.2, 0.25) is 0 Å². The number of ether oxygens (including phenoxy) is 1. The first-order valence-electron chi connectivity index (χ1n) is 7.85. The maximum Gasteiger partial charge on any atom is 0.329 e. The standard InChI is InChI=1S/C16H19N5O3/c1-2-7-24-13-4-3-12-10-20(6-5-11(12)8-13)16-18-9-14(21(22)23)15(17)19-16/h3-4,8-9H,2,5-7,10H2,1H3,(H2,17,18,19). The van der Waals surface area contributed by atoms with Crippen LogP contribution in [0.1, 0.15) is 24.5 Å². The van der Waals surface area contributed by atoms with Crippen molar-refractivity contribution in [3.63, 3.8) is 0 Å². The molecule has 2 heterocycles. The summed E-state index contributed by atoms with van der Waals surface area (Å²) in [5.41, 5.74) is 7.80. The summed E-state index contributed by atoms with van der Waals surface area (Å²) in [5, 5.41) is 10.8. The smallest absolute Gasteiger partial charge is 0.329 e. The molecule has 24 heavy (non-hydrogen) atoms. The van der Waals surface area contributed by atoms with Gasteiger partial charge in [-0.2, -0.15) is 4.98 Å². The molecule has 1 aromatic heterocycles. The molecule has 1 aliphatic rings. The van der Waals surface area contributed by atoms with Crippen molar-refractivity contribution in [3.05, 3.63) is 45.6 Å². The van der Waals surface area contributed by atoms with E-state index in [4.69, 9.17) is 10.5 Å². The van der Waals surface area contributed by atoms with E-state index in [0.29, 0.717) is 19.1 Å². The van der Waals surface area contributed by atoms with Crippen molar-refractivity contribution in [1.29, 1.82) is 0 Å². The molecule has 8 nitrogen and oxygen atoms in total. The van der Waals surface area contributed by atoms with Gasteiger partial charge in [0.05, 0.1) is 11.5 Å². The zero-order chi connectivity index (χ0) is 17.1. The number of nitrogens with two attached hydrogens (primary N) is 1. The topological polar surface area (TPSA) is 107 Å². The molecule has 0 spiro atoms. The summed E-state index contributed by atoms with van der Waals surface area (Å²) < 4.78 is 5.67. The summed E-state index contributed by atoms with van der Waals surface area (Å²) >= 11 is 0. The summed E-state index contributed by atoms with van der Waals surface area (Å²) in [6.07, 6.45) is 2.97. The largest absolute Gasteiger partial charge is 0.494 e. The Morgan fingerprint density at radius 1 is 1.42 bits per heavy atom. The van der Waals surface area contributed by atoms with Gasteiger partial charge in [0.15, 0.2) is 0 Å². The maximum atomic E-state index is 10.8. The fourth-order valence-corrected chi connectivity index (χ4v) is 2.68. The minimum atomic E-state index is -0.581. The van der Waals surface area contributed by atoms with Gasteiger partial charge in [0.2, 0.25) is 11.8 Å². The monoisotopic (exact) mass is 329 g/mol. The van der Waals surface area contributed by atoms with Crippen LogP contribution in [-0.4, -0.2) is 28.0 Å². The lowest BCUT2D eigenvalue weighted by Crippen LogP contribution is -2.32. The third kappa shape index (κ3) is 3.22. The van der Waals surface area contributed by atoms with Crippen LogP contribution in [0.25, 0.3) is 0 Å². The van der Waals surface area contributed by atoms with E-state index in [9.17, 15) is 10.1 Å². The molecule has 0 amide bonds. The van der Waals surface area contributed by atoms with Crippen molar-refractivity contribution in [3.8, 4) is 5.75 Å². The molecule has 8 heteroatoms. The molecular formula is C16H19N5O3. The lowest BCUT2D eigenvalue weighted by atomic mass is 10.00. The van der Waals surface area contributed by atoms with Crippen molar-refractivity contribution in [2.45, 2.75) is 26.3 Å². The number of hydrogen-bond donors (Lipinski definition) is 1. The van der Waals surface area contributed by atoms with Crippen molar-refractivity contribution >= 4 is 17.5 Å². The van der Waals surface area contributed by atoms with E-state index >= 15 is 0 Å². The van der Waals surface area contributed by atoms with E-state index in [1.54, 1.807) is 0 Å². The lowest BCUT2D eigenvalue weighted by Gasteiger charge is -2.29. The molecule has 0 saturated heterocycles. The SMILES string of the molecule is CCCOc1ccc2c(c1)CCN(c1ncc([N+](=O)[O-])c(N)n1)C2. The molecule has 0 fully saturated rings. The van der Waals surface area contributed by atoms with Crippen molar-refractivity contribution in [1.82, 2.24) is 9.97 Å². The van der Waals surface area contributed by atoms with Gasteiger partial charge in [-0.1, -0.05) is 13.0 Å². The van der Waals surface area contributed by atoms with Gasteiger partial charge < -0.3 is 15.4 Å². The first-order valence-corrected chi connectivity index (χ1v) is 7.85. The van der Waals surface area contributed by atoms with Gasteiger partial charge in [0.25, 0.3) is 0 Å². The van der Waals surface area contributed by atoms with Crippen molar-refractivity contribution in [2.24, 2.45) is 0 Å². The zero-order valence-electron chi connectivity index (χ0n) is 13.4. The summed E-state index contributed by atoms with van der Waals surface area (Å²) in [5.74, 6) is 1.19. The predicted octanol–water partition coefficient (Wildman–Crippen LogP) is 2.32. The Labute approximate surface area is 139 Å². The number of nitrogen functional groups attached to an aromatic ring is 1. The van der Waals surface area contributed by atoms with Crippen molar-refractivity contribution < 1.29 is 9.66 Å². The van der Waals surface area contributed by atoms with Gasteiger partial charge in [-0.05, 0) is 36.1 Å². The van der Waals surface area contributed by atoms with E-state index in [-0.39, 0.29) is 11.5 Å². The van der Waals surface area contributed by atoms with Crippen LogP contribution in [0.5, 0.6) is 5.75 Å². The van der Waals surface area contributed by atoms with E-state index in [0.717, 1.165) is 31.3 Å². The number of rotatable bonds is 5. The van der Waals surface area contributed by atoms with Gasteiger partial charge in [-0.3, -0.25) is 10.1 Å². The highest BCUT2D eigenvalue weighted by Crippen LogP contribution is 2.27. The molecule has 0 unspecified atom stereocenters. The van der Waals surface area contributed by atoms with E-state index in [1.807, 2.05) is 17.0 Å². The minimum Gasteiger partial charge on any atom is -0.494 e. The van der Waals surface area contributed by atoms with Crippen molar-refractivity contribution in [2.75, 3.05) is 23.8 Å². The quantitative estimate of drug-likeness (QED) is 0.662. The van der Waals surface area contributed by atoms with Gasteiger partial charge in [0.1, 0.15) is 11.9 Å². The third-order valence-electron chi connectivity index (χ3n) is 3.93. The fraction of sp³-hybridized carbons (Fsp3) is 0.375. The summed E-state index contributed by atoms with van der Waals surface area (Å²) in [4.78, 5) is 20.3. The average molecular weight is 329 g/mol. The highest BCUT2D eigenvalue weighted by Gasteiger charge is 2.22. The Morgan fingerprint density at radius 3 is 2.96 bits per heavy atom. The molecule has 0 aliphatic carbocycles. The molecule has 1 aromatic carbocycles. The molecule has 3 rings (SSSR count). The minimum absolute atomic E-state index is 0.112. The highest BCUT2D eigenvalue weighted by molar-refractivity contribution is 5.54. The third-order valence-corrected chi connectivity index (χ3v) is 3.93. The zero-order valence-corrected chi connectivity index (χ0v) is 13.4. The molecular weight excluding hydrogens is 310 g/mol. The van der Waals surface area contributed by atoms with E-state index < -0.39 is 4.92 Å².